The van der Waals surface area contributed by atoms with E-state index in [2.05, 4.69) is 10.9 Å². The molecule has 0 atom stereocenters. The molecule has 158 valence electrons. The number of hydrazine groups is 1. The lowest BCUT2D eigenvalue weighted by Crippen LogP contribution is -2.41. The Morgan fingerprint density at radius 2 is 1.27 bits per heavy atom. The van der Waals surface area contributed by atoms with Crippen LogP contribution in [0.25, 0.3) is 0 Å². The molecule has 2 aromatic rings. The summed E-state index contributed by atoms with van der Waals surface area (Å²) in [5.74, 6) is -4.00. The molecule has 0 radical (unpaired) electrons. The highest BCUT2D eigenvalue weighted by Gasteiger charge is 2.15. The Morgan fingerprint density at radius 1 is 0.767 bits per heavy atom. The molecule has 0 saturated carbocycles. The monoisotopic (exact) mass is 417 g/mol. The molecule has 0 bridgehead atoms. The van der Waals surface area contributed by atoms with Gasteiger partial charge in [-0.15, -0.1) is 0 Å². The SMILES string of the molecule is NCc1ccc(C(=O)NNC(=O)c2ccc(OCC(=O)O)c(OCC(=O)O)c2)cc1. The first-order valence-corrected chi connectivity index (χ1v) is 8.53. The molecule has 30 heavy (non-hydrogen) atoms. The number of carboxylic acid groups (broad SMARTS) is 2. The van der Waals surface area contributed by atoms with E-state index in [0.29, 0.717) is 12.1 Å². The van der Waals surface area contributed by atoms with Crippen molar-refractivity contribution < 1.29 is 38.9 Å². The number of nitrogens with two attached hydrogens (primary N) is 1. The maximum atomic E-state index is 12.3. The predicted molar refractivity (Wildman–Crippen MR) is 102 cm³/mol. The smallest absolute Gasteiger partial charge is 0.341 e. The van der Waals surface area contributed by atoms with E-state index in [1.165, 1.54) is 12.1 Å². The van der Waals surface area contributed by atoms with Crippen molar-refractivity contribution in [2.45, 2.75) is 6.54 Å². The van der Waals surface area contributed by atoms with Crippen molar-refractivity contribution in [3.63, 3.8) is 0 Å². The van der Waals surface area contributed by atoms with Crippen LogP contribution < -0.4 is 26.1 Å². The van der Waals surface area contributed by atoms with E-state index in [4.69, 9.17) is 25.4 Å². The van der Waals surface area contributed by atoms with Crippen LogP contribution in [0.15, 0.2) is 42.5 Å². The molecule has 6 N–H and O–H groups in total. The zero-order valence-corrected chi connectivity index (χ0v) is 15.6. The maximum Gasteiger partial charge on any atom is 0.341 e. The molecule has 0 unspecified atom stereocenters. The van der Waals surface area contributed by atoms with Gasteiger partial charge in [0.05, 0.1) is 0 Å². The molecule has 0 aromatic heterocycles. The largest absolute Gasteiger partial charge is 0.479 e. The standard InChI is InChI=1S/C19H19N3O8/c20-8-11-1-3-12(4-2-11)18(27)21-22-19(28)13-5-6-14(29-9-16(23)24)15(7-13)30-10-17(25)26/h1-7H,8-10,20H2,(H,21,27)(H,22,28)(H,23,24)(H,25,26). The third kappa shape index (κ3) is 6.49. The van der Waals surface area contributed by atoms with Crippen LogP contribution in [-0.2, 0) is 16.1 Å². The first kappa shape index (κ1) is 22.2. The molecule has 2 rings (SSSR count). The molecule has 11 nitrogen and oxygen atoms in total. The van der Waals surface area contributed by atoms with Gasteiger partial charge in [0.15, 0.2) is 24.7 Å². The molecule has 2 amide bonds. The number of amides is 2. The van der Waals surface area contributed by atoms with Crippen LogP contribution in [0.4, 0.5) is 0 Å². The average Bonchev–Trinajstić information content (AvgIpc) is 2.74. The van der Waals surface area contributed by atoms with E-state index >= 15 is 0 Å². The van der Waals surface area contributed by atoms with Gasteiger partial charge in [-0.25, -0.2) is 9.59 Å². The summed E-state index contributed by atoms with van der Waals surface area (Å²) in [7, 11) is 0. The van der Waals surface area contributed by atoms with Gasteiger partial charge >= 0.3 is 11.9 Å². The lowest BCUT2D eigenvalue weighted by molar-refractivity contribution is -0.140. The fraction of sp³-hybridized carbons (Fsp3) is 0.158. The summed E-state index contributed by atoms with van der Waals surface area (Å²) in [6.07, 6.45) is 0. The van der Waals surface area contributed by atoms with E-state index in [0.717, 1.165) is 11.6 Å². The van der Waals surface area contributed by atoms with Gasteiger partial charge in [0.2, 0.25) is 0 Å². The van der Waals surface area contributed by atoms with Crippen molar-refractivity contribution in [1.82, 2.24) is 10.9 Å². The summed E-state index contributed by atoms with van der Waals surface area (Å²) in [4.78, 5) is 45.8. The molecule has 0 aliphatic heterocycles. The van der Waals surface area contributed by atoms with E-state index < -0.39 is 37.0 Å². The molecule has 0 spiro atoms. The number of rotatable bonds is 9. The van der Waals surface area contributed by atoms with Crippen LogP contribution in [-0.4, -0.2) is 47.2 Å². The van der Waals surface area contributed by atoms with E-state index in [1.807, 2.05) is 0 Å². The second kappa shape index (κ2) is 10.4. The first-order chi connectivity index (χ1) is 14.3. The maximum absolute atomic E-state index is 12.3. The summed E-state index contributed by atoms with van der Waals surface area (Å²) in [6.45, 7) is -1.09. The van der Waals surface area contributed by atoms with Crippen LogP contribution >= 0.6 is 0 Å². The molecule has 0 aliphatic rings. The number of carbonyl (C=O) groups excluding carboxylic acids is 2. The van der Waals surface area contributed by atoms with Gasteiger partial charge in [-0.05, 0) is 35.9 Å². The normalized spacial score (nSPS) is 10.0. The lowest BCUT2D eigenvalue weighted by Gasteiger charge is -2.13. The highest BCUT2D eigenvalue weighted by atomic mass is 16.5. The van der Waals surface area contributed by atoms with Crippen molar-refractivity contribution in [2.24, 2.45) is 5.73 Å². The van der Waals surface area contributed by atoms with Crippen LogP contribution in [0.1, 0.15) is 26.3 Å². The zero-order valence-electron chi connectivity index (χ0n) is 15.6. The van der Waals surface area contributed by atoms with Crippen molar-refractivity contribution in [1.29, 1.82) is 0 Å². The molecular formula is C19H19N3O8. The van der Waals surface area contributed by atoms with Crippen LogP contribution in [0.5, 0.6) is 11.5 Å². The quantitative estimate of drug-likeness (QED) is 0.355. The number of benzene rings is 2. The van der Waals surface area contributed by atoms with Gasteiger partial charge in [-0.2, -0.15) is 0 Å². The summed E-state index contributed by atoms with van der Waals surface area (Å²) in [6, 6.07) is 10.2. The molecule has 0 saturated heterocycles. The number of aliphatic carboxylic acids is 2. The number of ether oxygens (including phenoxy) is 2. The third-order valence-corrected chi connectivity index (χ3v) is 3.65. The Labute approximate surface area is 170 Å². The minimum Gasteiger partial charge on any atom is -0.479 e. The van der Waals surface area contributed by atoms with Gasteiger partial charge in [-0.1, -0.05) is 12.1 Å². The minimum absolute atomic E-state index is 0.0110. The number of carboxylic acids is 2. The molecule has 11 heteroatoms. The van der Waals surface area contributed by atoms with Gasteiger partial charge in [-0.3, -0.25) is 20.4 Å². The topological polar surface area (TPSA) is 177 Å². The van der Waals surface area contributed by atoms with Crippen LogP contribution in [0, 0.1) is 0 Å². The Morgan fingerprint density at radius 3 is 1.80 bits per heavy atom. The first-order valence-electron chi connectivity index (χ1n) is 8.53. The van der Waals surface area contributed by atoms with Crippen LogP contribution in [0.2, 0.25) is 0 Å². The summed E-state index contributed by atoms with van der Waals surface area (Å²) >= 11 is 0. The summed E-state index contributed by atoms with van der Waals surface area (Å²) in [5, 5.41) is 17.5. The molecule has 0 fully saturated rings. The minimum atomic E-state index is -1.28. The molecule has 2 aromatic carbocycles. The number of carbonyl (C=O) groups is 4. The second-order valence-electron chi connectivity index (χ2n) is 5.84. The number of nitrogens with one attached hydrogen (secondary N) is 2. The van der Waals surface area contributed by atoms with E-state index in [-0.39, 0.29) is 17.1 Å². The van der Waals surface area contributed by atoms with Crippen LogP contribution in [0.3, 0.4) is 0 Å². The van der Waals surface area contributed by atoms with Gasteiger partial charge < -0.3 is 25.4 Å². The number of hydrogen-bond donors (Lipinski definition) is 5. The Bertz CT molecular complexity index is 943. The zero-order chi connectivity index (χ0) is 22.1. The fourth-order valence-corrected chi connectivity index (χ4v) is 2.21. The lowest BCUT2D eigenvalue weighted by atomic mass is 10.1. The van der Waals surface area contributed by atoms with Crippen molar-refractivity contribution in [3.8, 4) is 11.5 Å². The van der Waals surface area contributed by atoms with Crippen molar-refractivity contribution >= 4 is 23.8 Å². The second-order valence-corrected chi connectivity index (χ2v) is 5.84. The summed E-state index contributed by atoms with van der Waals surface area (Å²) in [5.41, 5.74) is 11.1. The van der Waals surface area contributed by atoms with Gasteiger partial charge in [0.25, 0.3) is 11.8 Å². The molecular weight excluding hydrogens is 398 g/mol. The Kier molecular flexibility index (Phi) is 7.71. The van der Waals surface area contributed by atoms with E-state index in [1.54, 1.807) is 24.3 Å². The fourth-order valence-electron chi connectivity index (χ4n) is 2.21. The number of hydrogen-bond acceptors (Lipinski definition) is 7. The highest BCUT2D eigenvalue weighted by molar-refractivity contribution is 5.99. The Balaban J connectivity index is 2.07. The van der Waals surface area contributed by atoms with Crippen molar-refractivity contribution in [2.75, 3.05) is 13.2 Å². The van der Waals surface area contributed by atoms with E-state index in [9.17, 15) is 19.2 Å². The highest BCUT2D eigenvalue weighted by Crippen LogP contribution is 2.28. The van der Waals surface area contributed by atoms with Gasteiger partial charge in [0, 0.05) is 17.7 Å². The van der Waals surface area contributed by atoms with Crippen molar-refractivity contribution in [3.05, 3.63) is 59.2 Å². The average molecular weight is 417 g/mol. The van der Waals surface area contributed by atoms with Gasteiger partial charge in [0.1, 0.15) is 0 Å². The third-order valence-electron chi connectivity index (χ3n) is 3.65. The Hall–Kier alpha value is -4.12. The molecule has 0 aliphatic carbocycles. The predicted octanol–water partition coefficient (Wildman–Crippen LogP) is 0.147. The molecule has 0 heterocycles. The summed E-state index contributed by atoms with van der Waals surface area (Å²) < 4.78 is 10.1.